The lowest BCUT2D eigenvalue weighted by molar-refractivity contribution is 0.114. The average Bonchev–Trinajstić information content (AvgIpc) is 2.64. The van der Waals surface area contributed by atoms with Gasteiger partial charge in [-0.05, 0) is 18.7 Å². The lowest BCUT2D eigenvalue weighted by Crippen LogP contribution is -2.14. The molecule has 1 aromatic carbocycles. The van der Waals surface area contributed by atoms with E-state index in [0.29, 0.717) is 22.9 Å². The quantitative estimate of drug-likeness (QED) is 0.402. The van der Waals surface area contributed by atoms with Crippen molar-refractivity contribution in [3.05, 3.63) is 45.5 Å². The molecule has 0 aliphatic heterocycles. The number of H-pyrrole nitrogens is 1. The number of ether oxygens (including phenoxy) is 1. The van der Waals surface area contributed by atoms with Gasteiger partial charge in [0, 0.05) is 17.7 Å². The van der Waals surface area contributed by atoms with Crippen LogP contribution in [0.2, 0.25) is 0 Å². The van der Waals surface area contributed by atoms with Gasteiger partial charge in [-0.25, -0.2) is 9.37 Å². The minimum atomic E-state index is -0.526. The minimum Gasteiger partial charge on any atom is -0.377 e. The zero-order valence-corrected chi connectivity index (χ0v) is 15.8. The lowest BCUT2D eigenvalue weighted by atomic mass is 10.1. The Labute approximate surface area is 156 Å². The van der Waals surface area contributed by atoms with E-state index in [0.717, 1.165) is 19.3 Å². The fourth-order valence-corrected chi connectivity index (χ4v) is 2.86. The van der Waals surface area contributed by atoms with E-state index in [1.807, 2.05) is 6.07 Å². The van der Waals surface area contributed by atoms with Crippen LogP contribution in [0.1, 0.15) is 43.7 Å². The third-order valence-electron chi connectivity index (χ3n) is 3.93. The topological polar surface area (TPSA) is 78.8 Å². The summed E-state index contributed by atoms with van der Waals surface area (Å²) in [5.74, 6) is -0.437. The third kappa shape index (κ3) is 5.16. The highest BCUT2D eigenvalue weighted by Crippen LogP contribution is 2.24. The number of aromatic nitrogens is 2. The van der Waals surface area contributed by atoms with Crippen molar-refractivity contribution in [1.29, 1.82) is 5.26 Å². The number of aromatic amines is 1. The number of thioether (sulfide) groups is 1. The van der Waals surface area contributed by atoms with Gasteiger partial charge in [0.25, 0.3) is 5.56 Å². The van der Waals surface area contributed by atoms with E-state index in [9.17, 15) is 14.4 Å². The summed E-state index contributed by atoms with van der Waals surface area (Å²) in [7, 11) is 0. The molecule has 0 bridgehead atoms. The molecule has 0 unspecified atom stereocenters. The van der Waals surface area contributed by atoms with Crippen molar-refractivity contribution in [2.24, 2.45) is 0 Å². The van der Waals surface area contributed by atoms with Crippen LogP contribution in [0.4, 0.5) is 4.39 Å². The van der Waals surface area contributed by atoms with Crippen LogP contribution in [-0.4, -0.2) is 22.8 Å². The molecule has 0 saturated heterocycles. The van der Waals surface area contributed by atoms with Gasteiger partial charge in [-0.2, -0.15) is 5.26 Å². The first-order valence-corrected chi connectivity index (χ1v) is 9.78. The highest BCUT2D eigenvalue weighted by Gasteiger charge is 2.15. The highest BCUT2D eigenvalue weighted by molar-refractivity contribution is 7.98. The molecule has 1 heterocycles. The number of nitriles is 1. The van der Waals surface area contributed by atoms with Gasteiger partial charge in [0.15, 0.2) is 5.16 Å². The maximum Gasteiger partial charge on any atom is 0.270 e. The zero-order valence-electron chi connectivity index (χ0n) is 15.0. The van der Waals surface area contributed by atoms with Gasteiger partial charge >= 0.3 is 0 Å². The first-order valence-electron chi connectivity index (χ1n) is 8.55. The first-order chi connectivity index (χ1) is 12.6. The Bertz CT molecular complexity index is 846. The molecule has 0 radical (unpaired) electrons. The summed E-state index contributed by atoms with van der Waals surface area (Å²) in [6, 6.07) is 6.41. The summed E-state index contributed by atoms with van der Waals surface area (Å²) >= 11 is 1.25. The van der Waals surface area contributed by atoms with Crippen molar-refractivity contribution in [1.82, 2.24) is 9.97 Å². The molecule has 5 nitrogen and oxygen atoms in total. The number of benzene rings is 1. The van der Waals surface area contributed by atoms with Crippen molar-refractivity contribution < 1.29 is 9.13 Å². The normalized spacial score (nSPS) is 10.7. The summed E-state index contributed by atoms with van der Waals surface area (Å²) in [4.78, 5) is 18.8. The Morgan fingerprint density at radius 1 is 1.35 bits per heavy atom. The minimum absolute atomic E-state index is 0.123. The van der Waals surface area contributed by atoms with Gasteiger partial charge in [0.2, 0.25) is 0 Å². The van der Waals surface area contributed by atoms with Crippen LogP contribution in [0.25, 0.3) is 11.3 Å². The number of hydrogen-bond donors (Lipinski definition) is 1. The summed E-state index contributed by atoms with van der Waals surface area (Å²) in [5, 5.41) is 9.60. The van der Waals surface area contributed by atoms with Crippen LogP contribution < -0.4 is 5.56 Å². The van der Waals surface area contributed by atoms with Gasteiger partial charge in [0.05, 0.1) is 12.3 Å². The number of halogens is 1. The van der Waals surface area contributed by atoms with Crippen LogP contribution in [-0.2, 0) is 11.3 Å². The summed E-state index contributed by atoms with van der Waals surface area (Å²) in [6.45, 7) is 2.95. The number of rotatable bonds is 9. The number of nitrogens with zero attached hydrogens (tertiary/aromatic N) is 2. The molecule has 0 aliphatic carbocycles. The largest absolute Gasteiger partial charge is 0.377 e. The second-order valence-electron chi connectivity index (χ2n) is 5.83. The van der Waals surface area contributed by atoms with Gasteiger partial charge in [-0.15, -0.1) is 0 Å². The van der Waals surface area contributed by atoms with Crippen molar-refractivity contribution in [2.45, 2.75) is 44.4 Å². The van der Waals surface area contributed by atoms with E-state index >= 15 is 0 Å². The Kier molecular flexibility index (Phi) is 7.82. The average molecular weight is 375 g/mol. The van der Waals surface area contributed by atoms with Crippen molar-refractivity contribution in [3.8, 4) is 17.3 Å². The van der Waals surface area contributed by atoms with E-state index in [4.69, 9.17) is 4.74 Å². The van der Waals surface area contributed by atoms with Crippen LogP contribution in [0, 0.1) is 17.1 Å². The molecule has 7 heteroatoms. The summed E-state index contributed by atoms with van der Waals surface area (Å²) in [5.41, 5.74) is 0.375. The Morgan fingerprint density at radius 2 is 2.15 bits per heavy atom. The molecule has 0 fully saturated rings. The van der Waals surface area contributed by atoms with Crippen molar-refractivity contribution in [3.63, 3.8) is 0 Å². The number of unbranched alkanes of at least 4 members (excludes halogenated alkanes) is 3. The molecule has 0 aliphatic rings. The molecular weight excluding hydrogens is 353 g/mol. The van der Waals surface area contributed by atoms with E-state index < -0.39 is 11.4 Å². The number of nitrogens with one attached hydrogen (secondary N) is 1. The third-order valence-corrected chi connectivity index (χ3v) is 4.51. The molecule has 0 saturated carbocycles. The fraction of sp³-hybridized carbons (Fsp3) is 0.421. The monoisotopic (exact) mass is 375 g/mol. The molecule has 0 spiro atoms. The smallest absolute Gasteiger partial charge is 0.270 e. The zero-order chi connectivity index (χ0) is 18.9. The maximum atomic E-state index is 14.4. The molecule has 26 heavy (non-hydrogen) atoms. The molecule has 138 valence electrons. The molecule has 0 atom stereocenters. The van der Waals surface area contributed by atoms with E-state index in [-0.39, 0.29) is 17.9 Å². The molecular formula is C19H22FN3O2S. The van der Waals surface area contributed by atoms with Gasteiger partial charge in [-0.1, -0.05) is 50.1 Å². The van der Waals surface area contributed by atoms with Gasteiger partial charge < -0.3 is 9.72 Å². The second kappa shape index (κ2) is 10.1. The standard InChI is InChI=1S/C19H22FN3O2S/c1-3-4-5-6-9-25-12-14-8-7-13(10-16(14)20)17-15(11-21)18(24)23-19(22-17)26-2/h7-8,10H,3-6,9,12H2,1-2H3,(H,22,23,24). The second-order valence-corrected chi connectivity index (χ2v) is 6.62. The number of hydrogen-bond acceptors (Lipinski definition) is 5. The van der Waals surface area contributed by atoms with Crippen LogP contribution in [0.3, 0.4) is 0 Å². The van der Waals surface area contributed by atoms with Crippen molar-refractivity contribution >= 4 is 11.8 Å². The highest BCUT2D eigenvalue weighted by atomic mass is 32.2. The van der Waals surface area contributed by atoms with E-state index in [2.05, 4.69) is 16.9 Å². The Balaban J connectivity index is 2.16. The summed E-state index contributed by atoms with van der Waals surface area (Å²) < 4.78 is 19.9. The molecule has 2 aromatic rings. The Morgan fingerprint density at radius 3 is 2.81 bits per heavy atom. The van der Waals surface area contributed by atoms with Crippen LogP contribution in [0.15, 0.2) is 28.2 Å². The SMILES string of the molecule is CCCCCCOCc1ccc(-c2nc(SC)[nH]c(=O)c2C#N)cc1F. The van der Waals surface area contributed by atoms with Crippen LogP contribution in [0.5, 0.6) is 0 Å². The predicted molar refractivity (Wildman–Crippen MR) is 101 cm³/mol. The molecule has 1 N–H and O–H groups in total. The van der Waals surface area contributed by atoms with Crippen molar-refractivity contribution in [2.75, 3.05) is 12.9 Å². The van der Waals surface area contributed by atoms with Gasteiger partial charge in [0.1, 0.15) is 17.4 Å². The summed E-state index contributed by atoms with van der Waals surface area (Å²) in [6.07, 6.45) is 6.17. The molecule has 2 rings (SSSR count). The molecule has 0 amide bonds. The molecule has 1 aromatic heterocycles. The maximum absolute atomic E-state index is 14.4. The fourth-order valence-electron chi connectivity index (χ4n) is 2.49. The predicted octanol–water partition coefficient (Wildman–Crippen LogP) is 4.27. The van der Waals surface area contributed by atoms with Gasteiger partial charge in [-0.3, -0.25) is 4.79 Å². The van der Waals surface area contributed by atoms with E-state index in [1.165, 1.54) is 24.2 Å². The van der Waals surface area contributed by atoms with Crippen LogP contribution >= 0.6 is 11.8 Å². The lowest BCUT2D eigenvalue weighted by Gasteiger charge is -2.09. The van der Waals surface area contributed by atoms with E-state index in [1.54, 1.807) is 18.4 Å². The first kappa shape index (κ1) is 20.1. The Hall–Kier alpha value is -2.17.